The number of anilines is 1. The largest absolute Gasteiger partial charge is 0.440 e. The Morgan fingerprint density at radius 3 is 2.77 bits per heavy atom. The minimum absolute atomic E-state index is 0.0798. The van der Waals surface area contributed by atoms with Crippen LogP contribution in [0.25, 0.3) is 0 Å². The van der Waals surface area contributed by atoms with E-state index in [9.17, 15) is 14.9 Å². The standard InChI is InChI=1S/C18H20N4O4/c23-17(12-14-6-2-3-7-16(14)22(24)25)20-19-13-15-8-9-18(26-15)21-10-4-1-5-11-21/h2-3,6-9,13H,1,4-5,10-12H2,(H,20,23). The van der Waals surface area contributed by atoms with Crippen molar-refractivity contribution < 1.29 is 14.1 Å². The highest BCUT2D eigenvalue weighted by molar-refractivity contribution is 5.82. The number of nitro benzene ring substituents is 1. The van der Waals surface area contributed by atoms with Gasteiger partial charge in [0.25, 0.3) is 5.69 Å². The van der Waals surface area contributed by atoms with E-state index in [1.54, 1.807) is 24.3 Å². The molecule has 0 spiro atoms. The summed E-state index contributed by atoms with van der Waals surface area (Å²) in [6.45, 7) is 1.97. The van der Waals surface area contributed by atoms with Crippen molar-refractivity contribution in [2.45, 2.75) is 25.7 Å². The zero-order valence-corrected chi connectivity index (χ0v) is 14.3. The topological polar surface area (TPSA) is 101 Å². The number of carbonyl (C=O) groups excluding carboxylic acids is 1. The van der Waals surface area contributed by atoms with Crippen molar-refractivity contribution >= 4 is 23.7 Å². The monoisotopic (exact) mass is 356 g/mol. The molecule has 136 valence electrons. The Bertz CT molecular complexity index is 809. The molecule has 0 atom stereocenters. The van der Waals surface area contributed by atoms with Crippen LogP contribution in [-0.4, -0.2) is 30.1 Å². The highest BCUT2D eigenvalue weighted by Crippen LogP contribution is 2.21. The number of nitrogens with one attached hydrogen (secondary N) is 1. The Kier molecular flexibility index (Phi) is 5.62. The molecule has 26 heavy (non-hydrogen) atoms. The quantitative estimate of drug-likeness (QED) is 0.487. The second-order valence-electron chi connectivity index (χ2n) is 6.08. The van der Waals surface area contributed by atoms with Crippen molar-refractivity contribution in [2.75, 3.05) is 18.0 Å². The number of hydrazone groups is 1. The zero-order valence-electron chi connectivity index (χ0n) is 14.3. The molecule has 2 heterocycles. The number of hydrogen-bond donors (Lipinski definition) is 1. The van der Waals surface area contributed by atoms with Crippen molar-refractivity contribution in [1.82, 2.24) is 5.43 Å². The zero-order chi connectivity index (χ0) is 18.4. The first-order chi connectivity index (χ1) is 12.6. The molecule has 8 nitrogen and oxygen atoms in total. The molecule has 8 heteroatoms. The average Bonchev–Trinajstić information content (AvgIpc) is 3.11. The van der Waals surface area contributed by atoms with Gasteiger partial charge in [-0.3, -0.25) is 14.9 Å². The summed E-state index contributed by atoms with van der Waals surface area (Å²) in [5.41, 5.74) is 2.63. The van der Waals surface area contributed by atoms with Gasteiger partial charge in [-0.25, -0.2) is 5.43 Å². The Balaban J connectivity index is 1.55. The van der Waals surface area contributed by atoms with Gasteiger partial charge in [-0.1, -0.05) is 18.2 Å². The van der Waals surface area contributed by atoms with Crippen molar-refractivity contribution in [3.63, 3.8) is 0 Å². The average molecular weight is 356 g/mol. The van der Waals surface area contributed by atoms with E-state index < -0.39 is 10.8 Å². The van der Waals surface area contributed by atoms with E-state index in [-0.39, 0.29) is 12.1 Å². The molecule has 0 aliphatic carbocycles. The molecule has 0 saturated carbocycles. The smallest absolute Gasteiger partial charge is 0.273 e. The number of para-hydroxylation sites is 1. The van der Waals surface area contributed by atoms with E-state index in [0.717, 1.165) is 31.8 Å². The van der Waals surface area contributed by atoms with Gasteiger partial charge in [0.1, 0.15) is 5.76 Å². The van der Waals surface area contributed by atoms with Crippen LogP contribution in [0.4, 0.5) is 11.6 Å². The minimum atomic E-state index is -0.503. The van der Waals surface area contributed by atoms with Crippen LogP contribution < -0.4 is 10.3 Å². The van der Waals surface area contributed by atoms with Crippen LogP contribution in [-0.2, 0) is 11.2 Å². The van der Waals surface area contributed by atoms with Gasteiger partial charge < -0.3 is 9.32 Å². The Hall–Kier alpha value is -3.16. The van der Waals surface area contributed by atoms with Gasteiger partial charge in [0.2, 0.25) is 5.91 Å². The van der Waals surface area contributed by atoms with E-state index in [0.29, 0.717) is 11.3 Å². The minimum Gasteiger partial charge on any atom is -0.440 e. The summed E-state index contributed by atoms with van der Waals surface area (Å²) >= 11 is 0. The number of benzene rings is 1. The number of nitrogens with zero attached hydrogens (tertiary/aromatic N) is 3. The van der Waals surface area contributed by atoms with Crippen LogP contribution in [0.2, 0.25) is 0 Å². The fourth-order valence-electron chi connectivity index (χ4n) is 2.91. The summed E-state index contributed by atoms with van der Waals surface area (Å²) in [5, 5.41) is 14.8. The van der Waals surface area contributed by atoms with E-state index in [1.807, 2.05) is 6.07 Å². The van der Waals surface area contributed by atoms with Crippen LogP contribution in [0.5, 0.6) is 0 Å². The summed E-state index contributed by atoms with van der Waals surface area (Å²) in [5.74, 6) is 0.910. The van der Waals surface area contributed by atoms with Crippen LogP contribution in [0.15, 0.2) is 45.9 Å². The second kappa shape index (κ2) is 8.28. The first-order valence-electron chi connectivity index (χ1n) is 8.52. The summed E-state index contributed by atoms with van der Waals surface area (Å²) in [7, 11) is 0. The van der Waals surface area contributed by atoms with Gasteiger partial charge in [0.15, 0.2) is 5.88 Å². The summed E-state index contributed by atoms with van der Waals surface area (Å²) in [6, 6.07) is 9.83. The fourth-order valence-corrected chi connectivity index (χ4v) is 2.91. The highest BCUT2D eigenvalue weighted by atomic mass is 16.6. The van der Waals surface area contributed by atoms with E-state index in [4.69, 9.17) is 4.42 Å². The molecule has 0 unspecified atom stereocenters. The van der Waals surface area contributed by atoms with Crippen LogP contribution in [0.3, 0.4) is 0 Å². The maximum Gasteiger partial charge on any atom is 0.273 e. The van der Waals surface area contributed by atoms with E-state index in [1.165, 1.54) is 18.7 Å². The predicted molar refractivity (Wildman–Crippen MR) is 97.3 cm³/mol. The lowest BCUT2D eigenvalue weighted by atomic mass is 10.1. The Morgan fingerprint density at radius 2 is 2.00 bits per heavy atom. The van der Waals surface area contributed by atoms with E-state index in [2.05, 4.69) is 15.4 Å². The number of amides is 1. The molecule has 0 bridgehead atoms. The van der Waals surface area contributed by atoms with Gasteiger partial charge in [-0.15, -0.1) is 0 Å². The number of furan rings is 1. The Morgan fingerprint density at radius 1 is 1.23 bits per heavy atom. The molecule has 2 aromatic rings. The molecule has 1 aliphatic heterocycles. The molecule has 1 N–H and O–H groups in total. The molecule has 1 saturated heterocycles. The van der Waals surface area contributed by atoms with Gasteiger partial charge >= 0.3 is 0 Å². The van der Waals surface area contributed by atoms with Crippen molar-refractivity contribution in [3.8, 4) is 0 Å². The maximum atomic E-state index is 11.9. The molecule has 1 aromatic heterocycles. The first kappa shape index (κ1) is 17.7. The summed E-state index contributed by atoms with van der Waals surface area (Å²) in [6.07, 6.45) is 4.87. The molecular formula is C18H20N4O4. The van der Waals surface area contributed by atoms with Crippen molar-refractivity contribution in [3.05, 3.63) is 57.8 Å². The normalized spacial score (nSPS) is 14.5. The predicted octanol–water partition coefficient (Wildman–Crippen LogP) is 2.87. The lowest BCUT2D eigenvalue weighted by Gasteiger charge is -2.25. The number of carbonyl (C=O) groups is 1. The molecule has 1 aliphatic rings. The van der Waals surface area contributed by atoms with E-state index >= 15 is 0 Å². The molecule has 0 radical (unpaired) electrons. The van der Waals surface area contributed by atoms with Crippen molar-refractivity contribution in [1.29, 1.82) is 0 Å². The number of nitro groups is 1. The van der Waals surface area contributed by atoms with Crippen LogP contribution in [0, 0.1) is 10.1 Å². The van der Waals surface area contributed by atoms with Gasteiger partial charge in [0, 0.05) is 30.8 Å². The summed E-state index contributed by atoms with van der Waals surface area (Å²) in [4.78, 5) is 24.6. The lowest BCUT2D eigenvalue weighted by molar-refractivity contribution is -0.385. The SMILES string of the molecule is O=C(Cc1ccccc1[N+](=O)[O-])NN=Cc1ccc(N2CCCCC2)o1. The molecular weight excluding hydrogens is 336 g/mol. The lowest BCUT2D eigenvalue weighted by Crippen LogP contribution is -2.28. The molecule has 1 aromatic carbocycles. The first-order valence-corrected chi connectivity index (χ1v) is 8.52. The van der Waals surface area contributed by atoms with Crippen LogP contribution >= 0.6 is 0 Å². The third kappa shape index (κ3) is 4.47. The molecule has 3 rings (SSSR count). The van der Waals surface area contributed by atoms with Gasteiger partial charge in [0.05, 0.1) is 17.6 Å². The van der Waals surface area contributed by atoms with Crippen molar-refractivity contribution in [2.24, 2.45) is 5.10 Å². The number of piperidine rings is 1. The van der Waals surface area contributed by atoms with Gasteiger partial charge in [-0.2, -0.15) is 5.10 Å². The third-order valence-corrected chi connectivity index (χ3v) is 4.20. The highest BCUT2D eigenvalue weighted by Gasteiger charge is 2.15. The maximum absolute atomic E-state index is 11.9. The van der Waals surface area contributed by atoms with Gasteiger partial charge in [-0.05, 0) is 25.3 Å². The third-order valence-electron chi connectivity index (χ3n) is 4.20. The molecule has 1 fully saturated rings. The summed E-state index contributed by atoms with van der Waals surface area (Å²) < 4.78 is 5.71. The second-order valence-corrected chi connectivity index (χ2v) is 6.08. The fraction of sp³-hybridized carbons (Fsp3) is 0.333. The van der Waals surface area contributed by atoms with Crippen LogP contribution in [0.1, 0.15) is 30.6 Å². The number of hydrogen-bond acceptors (Lipinski definition) is 6. The Labute approximate surface area is 150 Å². The molecule has 1 amide bonds. The number of rotatable bonds is 6.